The van der Waals surface area contributed by atoms with Crippen LogP contribution in [0.15, 0.2) is 36.5 Å². The van der Waals surface area contributed by atoms with Gasteiger partial charge in [0.25, 0.3) is 0 Å². The molecule has 1 saturated heterocycles. The number of hydrogen-bond acceptors (Lipinski definition) is 6. The maximum Gasteiger partial charge on any atom is 0.328 e. The second-order valence-corrected chi connectivity index (χ2v) is 5.90. The summed E-state index contributed by atoms with van der Waals surface area (Å²) in [6, 6.07) is 7.11. The molecule has 1 fully saturated rings. The molecule has 0 aliphatic carbocycles. The quantitative estimate of drug-likeness (QED) is 0.479. The number of aliphatic hydroxyl groups is 4. The SMILES string of the molecule is O=C(O)/C=C/c1cn(C2OC(CO)C(O)C(O)C2O)c2ccccc12. The standard InChI is InChI=1S/C17H19NO7/c19-8-12-14(22)15(23)16(24)17(25-12)18-7-9(5-6-13(20)21)10-3-1-2-4-11(10)18/h1-7,12,14-17,19,22-24H,8H2,(H,20,21)/b6-5+. The molecule has 134 valence electrons. The number of aliphatic hydroxyl groups excluding tert-OH is 4. The molecular weight excluding hydrogens is 330 g/mol. The highest BCUT2D eigenvalue weighted by atomic mass is 16.6. The number of carboxylic acids is 1. The third-order valence-corrected chi connectivity index (χ3v) is 4.32. The molecule has 5 N–H and O–H groups in total. The number of benzene rings is 1. The third-order valence-electron chi connectivity index (χ3n) is 4.32. The van der Waals surface area contributed by atoms with Crippen molar-refractivity contribution < 1.29 is 35.1 Å². The first-order chi connectivity index (χ1) is 11.9. The van der Waals surface area contributed by atoms with E-state index in [0.717, 1.165) is 11.5 Å². The number of nitrogens with zero attached hydrogens (tertiary/aromatic N) is 1. The van der Waals surface area contributed by atoms with E-state index in [9.17, 15) is 25.2 Å². The van der Waals surface area contributed by atoms with E-state index in [4.69, 9.17) is 9.84 Å². The van der Waals surface area contributed by atoms with Crippen molar-refractivity contribution >= 4 is 22.9 Å². The van der Waals surface area contributed by atoms with E-state index in [0.29, 0.717) is 11.1 Å². The summed E-state index contributed by atoms with van der Waals surface area (Å²) in [6.45, 7) is -0.521. The average Bonchev–Trinajstić information content (AvgIpc) is 2.97. The van der Waals surface area contributed by atoms with Crippen molar-refractivity contribution in [3.8, 4) is 0 Å². The van der Waals surface area contributed by atoms with Crippen molar-refractivity contribution in [1.82, 2.24) is 4.57 Å². The van der Waals surface area contributed by atoms with Crippen molar-refractivity contribution in [2.45, 2.75) is 30.6 Å². The van der Waals surface area contributed by atoms with Gasteiger partial charge in [0.05, 0.1) is 12.1 Å². The molecule has 2 aromatic rings. The van der Waals surface area contributed by atoms with Crippen LogP contribution >= 0.6 is 0 Å². The largest absolute Gasteiger partial charge is 0.478 e. The fourth-order valence-corrected chi connectivity index (χ4v) is 3.05. The zero-order valence-corrected chi connectivity index (χ0v) is 13.1. The minimum absolute atomic E-state index is 0.521. The highest BCUT2D eigenvalue weighted by molar-refractivity contribution is 5.93. The number of carbonyl (C=O) groups is 1. The van der Waals surface area contributed by atoms with Crippen LogP contribution in [-0.4, -0.2) is 67.1 Å². The molecule has 1 aliphatic rings. The lowest BCUT2D eigenvalue weighted by atomic mass is 9.98. The summed E-state index contributed by atoms with van der Waals surface area (Å²) in [7, 11) is 0. The lowest BCUT2D eigenvalue weighted by Crippen LogP contribution is -2.56. The van der Waals surface area contributed by atoms with Crippen LogP contribution < -0.4 is 0 Å². The van der Waals surface area contributed by atoms with E-state index in [-0.39, 0.29) is 0 Å². The van der Waals surface area contributed by atoms with E-state index in [1.165, 1.54) is 6.08 Å². The Morgan fingerprint density at radius 2 is 1.88 bits per heavy atom. The molecule has 5 unspecified atom stereocenters. The Labute approximate surface area is 142 Å². The fraction of sp³-hybridized carbons (Fsp3) is 0.353. The third kappa shape index (κ3) is 3.17. The van der Waals surface area contributed by atoms with Crippen molar-refractivity contribution in [2.24, 2.45) is 0 Å². The van der Waals surface area contributed by atoms with Crippen molar-refractivity contribution in [2.75, 3.05) is 6.61 Å². The molecule has 0 amide bonds. The molecule has 8 heteroatoms. The lowest BCUT2D eigenvalue weighted by Gasteiger charge is -2.40. The van der Waals surface area contributed by atoms with E-state index in [2.05, 4.69) is 0 Å². The van der Waals surface area contributed by atoms with Crippen LogP contribution in [0.5, 0.6) is 0 Å². The first-order valence-electron chi connectivity index (χ1n) is 7.75. The summed E-state index contributed by atoms with van der Waals surface area (Å²) in [5.74, 6) is -1.09. The molecular formula is C17H19NO7. The van der Waals surface area contributed by atoms with Gasteiger partial charge in [0.2, 0.25) is 0 Å². The molecule has 1 aromatic carbocycles. The van der Waals surface area contributed by atoms with Gasteiger partial charge < -0.3 is 34.8 Å². The topological polar surface area (TPSA) is 132 Å². The van der Waals surface area contributed by atoms with Gasteiger partial charge in [-0.3, -0.25) is 0 Å². The molecule has 5 atom stereocenters. The van der Waals surface area contributed by atoms with Crippen LogP contribution in [0.25, 0.3) is 17.0 Å². The molecule has 1 aromatic heterocycles. The molecule has 25 heavy (non-hydrogen) atoms. The second-order valence-electron chi connectivity index (χ2n) is 5.90. The van der Waals surface area contributed by atoms with Crippen LogP contribution in [0.3, 0.4) is 0 Å². The Hall–Kier alpha value is -2.23. The highest BCUT2D eigenvalue weighted by Crippen LogP contribution is 2.33. The Bertz CT molecular complexity index is 797. The van der Waals surface area contributed by atoms with Gasteiger partial charge in [-0.1, -0.05) is 18.2 Å². The molecule has 0 saturated carbocycles. The van der Waals surface area contributed by atoms with Gasteiger partial charge in [-0.25, -0.2) is 4.79 Å². The van der Waals surface area contributed by atoms with Gasteiger partial charge in [-0.05, 0) is 12.1 Å². The van der Waals surface area contributed by atoms with Gasteiger partial charge in [0, 0.05) is 23.2 Å². The molecule has 0 bridgehead atoms. The number of fused-ring (bicyclic) bond motifs is 1. The summed E-state index contributed by atoms with van der Waals surface area (Å²) < 4.78 is 7.13. The number of rotatable bonds is 4. The van der Waals surface area contributed by atoms with Crippen LogP contribution in [0.1, 0.15) is 11.8 Å². The molecule has 1 aliphatic heterocycles. The predicted octanol–water partition coefficient (Wildman–Crippen LogP) is -0.289. The number of aliphatic carboxylic acids is 1. The van der Waals surface area contributed by atoms with Gasteiger partial charge in [-0.15, -0.1) is 0 Å². The summed E-state index contributed by atoms with van der Waals surface area (Å²) in [5.41, 5.74) is 1.24. The van der Waals surface area contributed by atoms with Gasteiger partial charge in [0.15, 0.2) is 6.23 Å². The predicted molar refractivity (Wildman–Crippen MR) is 87.6 cm³/mol. The van der Waals surface area contributed by atoms with Crippen molar-refractivity contribution in [3.63, 3.8) is 0 Å². The summed E-state index contributed by atoms with van der Waals surface area (Å²) >= 11 is 0. The van der Waals surface area contributed by atoms with Gasteiger partial charge in [-0.2, -0.15) is 0 Å². The summed E-state index contributed by atoms with van der Waals surface area (Å²) in [5, 5.41) is 49.1. The van der Waals surface area contributed by atoms with Crippen LogP contribution in [0.2, 0.25) is 0 Å². The van der Waals surface area contributed by atoms with E-state index < -0.39 is 43.2 Å². The maximum atomic E-state index is 10.8. The van der Waals surface area contributed by atoms with Gasteiger partial charge in [0.1, 0.15) is 24.4 Å². The number of para-hydroxylation sites is 1. The first-order valence-corrected chi connectivity index (χ1v) is 7.75. The van der Waals surface area contributed by atoms with E-state index in [1.54, 1.807) is 35.0 Å². The van der Waals surface area contributed by atoms with Crippen LogP contribution in [0.4, 0.5) is 0 Å². The number of carboxylic acid groups (broad SMARTS) is 1. The van der Waals surface area contributed by atoms with E-state index in [1.807, 2.05) is 0 Å². The Morgan fingerprint density at radius 3 is 2.56 bits per heavy atom. The zero-order chi connectivity index (χ0) is 18.1. The van der Waals surface area contributed by atoms with Crippen LogP contribution in [0, 0.1) is 0 Å². The zero-order valence-electron chi connectivity index (χ0n) is 13.1. The lowest BCUT2D eigenvalue weighted by molar-refractivity contribution is -0.250. The molecule has 8 nitrogen and oxygen atoms in total. The second kappa shape index (κ2) is 6.95. The Balaban J connectivity index is 2.07. The fourth-order valence-electron chi connectivity index (χ4n) is 3.05. The minimum atomic E-state index is -1.49. The van der Waals surface area contributed by atoms with Crippen LogP contribution in [-0.2, 0) is 9.53 Å². The average molecular weight is 349 g/mol. The molecule has 0 radical (unpaired) electrons. The maximum absolute atomic E-state index is 10.8. The van der Waals surface area contributed by atoms with Crippen molar-refractivity contribution in [1.29, 1.82) is 0 Å². The molecule has 3 rings (SSSR count). The van der Waals surface area contributed by atoms with Gasteiger partial charge >= 0.3 is 5.97 Å². The van der Waals surface area contributed by atoms with Crippen molar-refractivity contribution in [3.05, 3.63) is 42.1 Å². The summed E-state index contributed by atoms with van der Waals surface area (Å²) in [6.07, 6.45) is -2.42. The normalized spacial score (nSPS) is 30.2. The Morgan fingerprint density at radius 1 is 1.16 bits per heavy atom. The number of hydrogen-bond donors (Lipinski definition) is 5. The summed E-state index contributed by atoms with van der Waals surface area (Å²) in [4.78, 5) is 10.8. The highest BCUT2D eigenvalue weighted by Gasteiger charge is 2.44. The Kier molecular flexibility index (Phi) is 4.89. The number of aromatic nitrogens is 1. The monoisotopic (exact) mass is 349 g/mol. The smallest absolute Gasteiger partial charge is 0.328 e. The molecule has 0 spiro atoms. The molecule has 2 heterocycles. The van der Waals surface area contributed by atoms with E-state index >= 15 is 0 Å². The minimum Gasteiger partial charge on any atom is -0.478 e. The number of ether oxygens (including phenoxy) is 1. The first kappa shape index (κ1) is 17.6.